The van der Waals surface area contributed by atoms with E-state index in [1.165, 1.54) is 12.1 Å². The van der Waals surface area contributed by atoms with Crippen molar-refractivity contribution in [3.63, 3.8) is 0 Å². The molecule has 1 amide bonds. The van der Waals surface area contributed by atoms with E-state index in [9.17, 15) is 9.18 Å². The summed E-state index contributed by atoms with van der Waals surface area (Å²) in [5, 5.41) is 2.62. The number of rotatable bonds is 5. The summed E-state index contributed by atoms with van der Waals surface area (Å²) in [4.78, 5) is 11.7. The number of halogens is 1. The van der Waals surface area contributed by atoms with Crippen LogP contribution in [0.3, 0.4) is 0 Å². The molecular weight excluding hydrogens is 257 g/mol. The molecule has 1 N–H and O–H groups in total. The van der Waals surface area contributed by atoms with Gasteiger partial charge in [0.1, 0.15) is 18.2 Å². The maximum Gasteiger partial charge on any atom is 0.254 e. The number of hydrogen-bond acceptors (Lipinski definition) is 2. The van der Waals surface area contributed by atoms with Crippen molar-refractivity contribution < 1.29 is 13.9 Å². The highest BCUT2D eigenvalue weighted by Crippen LogP contribution is 2.11. The molecule has 0 unspecified atom stereocenters. The minimum absolute atomic E-state index is 0.0445. The van der Waals surface area contributed by atoms with Gasteiger partial charge in [-0.05, 0) is 36.8 Å². The van der Waals surface area contributed by atoms with Crippen LogP contribution in [0, 0.1) is 12.7 Å². The first-order valence-corrected chi connectivity index (χ1v) is 6.39. The second-order valence-corrected chi connectivity index (χ2v) is 4.40. The average Bonchev–Trinajstić information content (AvgIpc) is 2.44. The summed E-state index contributed by atoms with van der Waals surface area (Å²) < 4.78 is 18.9. The fourth-order valence-corrected chi connectivity index (χ4v) is 1.78. The molecule has 3 nitrogen and oxygen atoms in total. The number of ether oxygens (including phenoxy) is 1. The van der Waals surface area contributed by atoms with Gasteiger partial charge in [-0.3, -0.25) is 4.79 Å². The van der Waals surface area contributed by atoms with Crippen molar-refractivity contribution in [1.82, 2.24) is 5.32 Å². The van der Waals surface area contributed by atoms with E-state index in [0.29, 0.717) is 13.2 Å². The number of carbonyl (C=O) groups excluding carboxylic acids is 1. The number of hydrogen-bond donors (Lipinski definition) is 1. The summed E-state index contributed by atoms with van der Waals surface area (Å²) >= 11 is 0. The average molecular weight is 273 g/mol. The third-order valence-corrected chi connectivity index (χ3v) is 2.76. The minimum Gasteiger partial charge on any atom is -0.492 e. The lowest BCUT2D eigenvalue weighted by Gasteiger charge is -2.08. The summed E-state index contributed by atoms with van der Waals surface area (Å²) in [6.07, 6.45) is 0. The van der Waals surface area contributed by atoms with Crippen molar-refractivity contribution in [3.8, 4) is 5.75 Å². The van der Waals surface area contributed by atoms with E-state index in [4.69, 9.17) is 4.74 Å². The van der Waals surface area contributed by atoms with Gasteiger partial charge in [0, 0.05) is 0 Å². The molecule has 0 aliphatic carbocycles. The summed E-state index contributed by atoms with van der Waals surface area (Å²) in [5.74, 6) is -0.203. The van der Waals surface area contributed by atoms with E-state index < -0.39 is 11.7 Å². The number of carbonyl (C=O) groups is 1. The van der Waals surface area contributed by atoms with Gasteiger partial charge in [-0.15, -0.1) is 0 Å². The maximum atomic E-state index is 13.4. The third kappa shape index (κ3) is 3.82. The highest BCUT2D eigenvalue weighted by Gasteiger charge is 2.09. The van der Waals surface area contributed by atoms with Gasteiger partial charge in [0.05, 0.1) is 12.1 Å². The Morgan fingerprint density at radius 1 is 1.20 bits per heavy atom. The van der Waals surface area contributed by atoms with Gasteiger partial charge in [-0.25, -0.2) is 4.39 Å². The van der Waals surface area contributed by atoms with E-state index in [-0.39, 0.29) is 5.56 Å². The summed E-state index contributed by atoms with van der Waals surface area (Å²) in [6.45, 7) is 2.64. The Morgan fingerprint density at radius 2 is 2.00 bits per heavy atom. The van der Waals surface area contributed by atoms with Crippen molar-refractivity contribution in [2.75, 3.05) is 13.2 Å². The molecule has 0 aromatic heterocycles. The first-order valence-electron chi connectivity index (χ1n) is 6.39. The summed E-state index contributed by atoms with van der Waals surface area (Å²) in [6, 6.07) is 13.5. The molecule has 0 heterocycles. The fourth-order valence-electron chi connectivity index (χ4n) is 1.78. The van der Waals surface area contributed by atoms with Crippen LogP contribution in [0.5, 0.6) is 5.75 Å². The lowest BCUT2D eigenvalue weighted by atomic mass is 10.2. The monoisotopic (exact) mass is 273 g/mol. The van der Waals surface area contributed by atoms with Gasteiger partial charge in [-0.2, -0.15) is 0 Å². The van der Waals surface area contributed by atoms with Gasteiger partial charge in [0.25, 0.3) is 5.91 Å². The molecular formula is C16H16FNO2. The SMILES string of the molecule is Cc1cccc(OCCNC(=O)c2ccccc2F)c1. The zero-order chi connectivity index (χ0) is 14.4. The Kier molecular flexibility index (Phi) is 4.71. The Morgan fingerprint density at radius 3 is 2.75 bits per heavy atom. The van der Waals surface area contributed by atoms with Crippen LogP contribution in [0.2, 0.25) is 0 Å². The van der Waals surface area contributed by atoms with Crippen LogP contribution in [0.15, 0.2) is 48.5 Å². The van der Waals surface area contributed by atoms with E-state index >= 15 is 0 Å². The van der Waals surface area contributed by atoms with Crippen LogP contribution in [-0.2, 0) is 0 Å². The predicted molar refractivity (Wildman–Crippen MR) is 75.4 cm³/mol. The Labute approximate surface area is 117 Å². The molecule has 2 aromatic rings. The lowest BCUT2D eigenvalue weighted by molar-refractivity contribution is 0.0943. The second kappa shape index (κ2) is 6.70. The first kappa shape index (κ1) is 14.1. The van der Waals surface area contributed by atoms with Crippen molar-refractivity contribution >= 4 is 5.91 Å². The standard InChI is InChI=1S/C16H16FNO2/c1-12-5-4-6-13(11-12)20-10-9-18-16(19)14-7-2-3-8-15(14)17/h2-8,11H,9-10H2,1H3,(H,18,19). The van der Waals surface area contributed by atoms with Crippen LogP contribution in [0.4, 0.5) is 4.39 Å². The molecule has 4 heteroatoms. The van der Waals surface area contributed by atoms with E-state index in [0.717, 1.165) is 11.3 Å². The van der Waals surface area contributed by atoms with Crippen LogP contribution >= 0.6 is 0 Å². The number of aryl methyl sites for hydroxylation is 1. The van der Waals surface area contributed by atoms with Gasteiger partial charge in [0.2, 0.25) is 0 Å². The Bertz CT molecular complexity index is 599. The van der Waals surface area contributed by atoms with Crippen molar-refractivity contribution in [3.05, 3.63) is 65.5 Å². The molecule has 0 aliphatic rings. The molecule has 104 valence electrons. The number of benzene rings is 2. The van der Waals surface area contributed by atoms with E-state index in [1.807, 2.05) is 31.2 Å². The topological polar surface area (TPSA) is 38.3 Å². The van der Waals surface area contributed by atoms with Crippen molar-refractivity contribution in [1.29, 1.82) is 0 Å². The summed E-state index contributed by atoms with van der Waals surface area (Å²) in [5.41, 5.74) is 1.15. The number of nitrogens with one attached hydrogen (secondary N) is 1. The smallest absolute Gasteiger partial charge is 0.254 e. The highest BCUT2D eigenvalue weighted by molar-refractivity contribution is 5.94. The fraction of sp³-hybridized carbons (Fsp3) is 0.188. The van der Waals surface area contributed by atoms with Crippen molar-refractivity contribution in [2.24, 2.45) is 0 Å². The largest absolute Gasteiger partial charge is 0.492 e. The molecule has 0 atom stereocenters. The molecule has 0 aliphatic heterocycles. The molecule has 2 aromatic carbocycles. The molecule has 2 rings (SSSR count). The Balaban J connectivity index is 1.79. The van der Waals surface area contributed by atoms with Gasteiger partial charge in [0.15, 0.2) is 0 Å². The highest BCUT2D eigenvalue weighted by atomic mass is 19.1. The molecule has 0 fully saturated rings. The quantitative estimate of drug-likeness (QED) is 0.851. The van der Waals surface area contributed by atoms with Gasteiger partial charge in [-0.1, -0.05) is 24.3 Å². The summed E-state index contributed by atoms with van der Waals surface area (Å²) in [7, 11) is 0. The van der Waals surface area contributed by atoms with Crippen molar-refractivity contribution in [2.45, 2.75) is 6.92 Å². The molecule has 0 spiro atoms. The van der Waals surface area contributed by atoms with E-state index in [2.05, 4.69) is 5.32 Å². The zero-order valence-electron chi connectivity index (χ0n) is 11.2. The second-order valence-electron chi connectivity index (χ2n) is 4.40. The molecule has 0 saturated heterocycles. The van der Waals surface area contributed by atoms with Crippen LogP contribution in [0.25, 0.3) is 0 Å². The Hall–Kier alpha value is -2.36. The van der Waals surface area contributed by atoms with E-state index in [1.54, 1.807) is 12.1 Å². The van der Waals surface area contributed by atoms with Gasteiger partial charge >= 0.3 is 0 Å². The predicted octanol–water partition coefficient (Wildman–Crippen LogP) is 2.94. The maximum absolute atomic E-state index is 13.4. The normalized spacial score (nSPS) is 10.1. The zero-order valence-corrected chi connectivity index (χ0v) is 11.2. The minimum atomic E-state index is -0.524. The molecule has 0 bridgehead atoms. The third-order valence-electron chi connectivity index (χ3n) is 2.76. The first-order chi connectivity index (χ1) is 9.66. The molecule has 20 heavy (non-hydrogen) atoms. The van der Waals surface area contributed by atoms with Crippen LogP contribution in [0.1, 0.15) is 15.9 Å². The lowest BCUT2D eigenvalue weighted by Crippen LogP contribution is -2.28. The molecule has 0 saturated carbocycles. The van der Waals surface area contributed by atoms with Crippen LogP contribution < -0.4 is 10.1 Å². The molecule has 0 radical (unpaired) electrons. The van der Waals surface area contributed by atoms with Crippen LogP contribution in [-0.4, -0.2) is 19.1 Å². The van der Waals surface area contributed by atoms with Gasteiger partial charge < -0.3 is 10.1 Å². The number of amides is 1.